The average molecular weight is 368 g/mol. The van der Waals surface area contributed by atoms with Gasteiger partial charge < -0.3 is 9.64 Å². The normalized spacial score (nSPS) is 21.5. The highest BCUT2D eigenvalue weighted by molar-refractivity contribution is 9.11. The minimum absolute atomic E-state index is 0.111. The largest absolute Gasteiger partial charge is 0.369 e. The molecule has 21 heavy (non-hydrogen) atoms. The van der Waals surface area contributed by atoms with Gasteiger partial charge in [-0.25, -0.2) is 0 Å². The molecule has 1 aromatic heterocycles. The quantitative estimate of drug-likeness (QED) is 0.804. The van der Waals surface area contributed by atoms with Crippen LogP contribution in [0.4, 0.5) is 5.69 Å². The summed E-state index contributed by atoms with van der Waals surface area (Å²) >= 11 is 4.89. The summed E-state index contributed by atoms with van der Waals surface area (Å²) in [4.78, 5) is 2.38. The molecule has 0 radical (unpaired) electrons. The fourth-order valence-corrected chi connectivity index (χ4v) is 3.90. The number of anilines is 1. The fourth-order valence-electron chi connectivity index (χ4n) is 2.79. The van der Waals surface area contributed by atoms with Gasteiger partial charge in [-0.1, -0.05) is 11.3 Å². The van der Waals surface area contributed by atoms with Crippen molar-refractivity contribution in [1.82, 2.24) is 10.2 Å². The Morgan fingerprint density at radius 2 is 2.00 bits per heavy atom. The number of aromatic nitrogens is 2. The number of hydrogen-bond acceptors (Lipinski definition) is 5. The molecule has 1 fully saturated rings. The first-order valence-electron chi connectivity index (χ1n) is 6.95. The van der Waals surface area contributed by atoms with Crippen LogP contribution in [0.15, 0.2) is 28.2 Å². The number of rotatable bonds is 2. The van der Waals surface area contributed by atoms with E-state index in [0.29, 0.717) is 0 Å². The van der Waals surface area contributed by atoms with Crippen molar-refractivity contribution < 1.29 is 4.74 Å². The van der Waals surface area contributed by atoms with Crippen LogP contribution in [0.3, 0.4) is 0 Å². The number of halogens is 1. The molecule has 6 heteroatoms. The van der Waals surface area contributed by atoms with Gasteiger partial charge in [-0.3, -0.25) is 0 Å². The lowest BCUT2D eigenvalue weighted by molar-refractivity contribution is -0.0749. The molecular formula is C15H18BrN3OS. The number of nitrogens with zero attached hydrogens (tertiary/aromatic N) is 3. The Kier molecular flexibility index (Phi) is 4.03. The highest BCUT2D eigenvalue weighted by Gasteiger charge is 2.31. The van der Waals surface area contributed by atoms with E-state index in [1.807, 2.05) is 0 Å². The molecule has 3 rings (SSSR count). The summed E-state index contributed by atoms with van der Waals surface area (Å²) in [7, 11) is 0. The van der Waals surface area contributed by atoms with Crippen LogP contribution in [0, 0.1) is 0 Å². The van der Waals surface area contributed by atoms with Crippen molar-refractivity contribution in [1.29, 1.82) is 0 Å². The molecule has 0 aliphatic carbocycles. The van der Waals surface area contributed by atoms with E-state index in [9.17, 15) is 0 Å². The van der Waals surface area contributed by atoms with E-state index in [1.54, 1.807) is 11.3 Å². The SMILES string of the molecule is CC1CN(c2ccc(-c3nnc(Br)s3)cc2)CC(C)(C)O1. The van der Waals surface area contributed by atoms with Crippen LogP contribution in [0.2, 0.25) is 0 Å². The van der Waals surface area contributed by atoms with Gasteiger partial charge in [-0.15, -0.1) is 10.2 Å². The van der Waals surface area contributed by atoms with Crippen LogP contribution < -0.4 is 4.90 Å². The van der Waals surface area contributed by atoms with Crippen molar-refractivity contribution in [3.63, 3.8) is 0 Å². The smallest absolute Gasteiger partial charge is 0.183 e. The molecule has 0 bridgehead atoms. The van der Waals surface area contributed by atoms with Crippen LogP contribution in [-0.4, -0.2) is 35.0 Å². The Bertz CT molecular complexity index is 626. The Morgan fingerprint density at radius 3 is 2.57 bits per heavy atom. The second-order valence-electron chi connectivity index (χ2n) is 5.98. The molecule has 4 nitrogen and oxygen atoms in total. The summed E-state index contributed by atoms with van der Waals surface area (Å²) in [5, 5.41) is 9.08. The molecule has 0 amide bonds. The van der Waals surface area contributed by atoms with Crippen LogP contribution in [0.5, 0.6) is 0 Å². The van der Waals surface area contributed by atoms with Crippen molar-refractivity contribution in [3.8, 4) is 10.6 Å². The van der Waals surface area contributed by atoms with Crippen LogP contribution in [-0.2, 0) is 4.74 Å². The number of morpholine rings is 1. The van der Waals surface area contributed by atoms with Gasteiger partial charge in [0.2, 0.25) is 0 Å². The maximum Gasteiger partial charge on any atom is 0.183 e. The highest BCUT2D eigenvalue weighted by atomic mass is 79.9. The molecule has 1 atom stereocenters. The lowest BCUT2D eigenvalue weighted by Crippen LogP contribution is -2.52. The first-order valence-corrected chi connectivity index (χ1v) is 8.56. The Balaban J connectivity index is 1.81. The summed E-state index contributed by atoms with van der Waals surface area (Å²) in [6.45, 7) is 8.24. The van der Waals surface area contributed by atoms with Gasteiger partial charge in [0, 0.05) is 24.3 Å². The van der Waals surface area contributed by atoms with E-state index in [0.717, 1.165) is 27.6 Å². The summed E-state index contributed by atoms with van der Waals surface area (Å²) in [6, 6.07) is 8.52. The first-order chi connectivity index (χ1) is 9.93. The molecule has 0 spiro atoms. The van der Waals surface area contributed by atoms with Crippen molar-refractivity contribution >= 4 is 33.0 Å². The van der Waals surface area contributed by atoms with Crippen molar-refractivity contribution in [2.75, 3.05) is 18.0 Å². The highest BCUT2D eigenvalue weighted by Crippen LogP contribution is 2.30. The van der Waals surface area contributed by atoms with Crippen LogP contribution in [0.1, 0.15) is 20.8 Å². The molecule has 0 N–H and O–H groups in total. The molecular weight excluding hydrogens is 350 g/mol. The molecule has 0 saturated carbocycles. The van der Waals surface area contributed by atoms with Crippen LogP contribution >= 0.6 is 27.3 Å². The van der Waals surface area contributed by atoms with Gasteiger partial charge >= 0.3 is 0 Å². The van der Waals surface area contributed by atoms with Gasteiger partial charge in [0.05, 0.1) is 11.7 Å². The average Bonchev–Trinajstić information content (AvgIpc) is 2.83. The van der Waals surface area contributed by atoms with Gasteiger partial charge in [0.25, 0.3) is 0 Å². The van der Waals surface area contributed by atoms with Gasteiger partial charge in [-0.05, 0) is 61.0 Å². The number of ether oxygens (including phenoxy) is 1. The number of benzene rings is 1. The second kappa shape index (κ2) is 5.66. The van der Waals surface area contributed by atoms with Crippen molar-refractivity contribution in [3.05, 3.63) is 28.2 Å². The minimum atomic E-state index is -0.111. The second-order valence-corrected chi connectivity index (χ2v) is 8.23. The summed E-state index contributed by atoms with van der Waals surface area (Å²) in [5.74, 6) is 0. The van der Waals surface area contributed by atoms with E-state index >= 15 is 0 Å². The standard InChI is InChI=1S/C15H18BrN3OS/c1-10-8-19(9-15(2,3)20-10)12-6-4-11(5-7-12)13-17-18-14(16)21-13/h4-7,10H,8-9H2,1-3H3. The number of hydrogen-bond donors (Lipinski definition) is 0. The maximum absolute atomic E-state index is 5.96. The zero-order chi connectivity index (χ0) is 15.0. The Hall–Kier alpha value is -0.980. The molecule has 112 valence electrons. The Labute approximate surface area is 137 Å². The van der Waals surface area contributed by atoms with E-state index in [4.69, 9.17) is 4.74 Å². The minimum Gasteiger partial charge on any atom is -0.369 e. The first kappa shape index (κ1) is 14.9. The van der Waals surface area contributed by atoms with E-state index in [-0.39, 0.29) is 11.7 Å². The molecule has 2 aromatic rings. The third-order valence-corrected chi connectivity index (χ3v) is 4.85. The van der Waals surface area contributed by atoms with Gasteiger partial charge in [0.1, 0.15) is 5.01 Å². The molecule has 1 aliphatic heterocycles. The Morgan fingerprint density at radius 1 is 1.29 bits per heavy atom. The topological polar surface area (TPSA) is 38.2 Å². The molecule has 1 aliphatic rings. The van der Waals surface area contributed by atoms with E-state index in [2.05, 4.69) is 76.1 Å². The predicted molar refractivity (Wildman–Crippen MR) is 89.9 cm³/mol. The third kappa shape index (κ3) is 3.44. The zero-order valence-electron chi connectivity index (χ0n) is 12.3. The molecule has 1 unspecified atom stereocenters. The zero-order valence-corrected chi connectivity index (χ0v) is 14.7. The van der Waals surface area contributed by atoms with Gasteiger partial charge in [-0.2, -0.15) is 0 Å². The monoisotopic (exact) mass is 367 g/mol. The molecule has 1 aromatic carbocycles. The third-order valence-electron chi connectivity index (χ3n) is 3.45. The van der Waals surface area contributed by atoms with Crippen LogP contribution in [0.25, 0.3) is 10.6 Å². The predicted octanol–water partition coefficient (Wildman–Crippen LogP) is 3.97. The van der Waals surface area contributed by atoms with E-state index < -0.39 is 0 Å². The molecule has 1 saturated heterocycles. The van der Waals surface area contributed by atoms with Crippen molar-refractivity contribution in [2.24, 2.45) is 0 Å². The maximum atomic E-state index is 5.96. The van der Waals surface area contributed by atoms with Crippen molar-refractivity contribution in [2.45, 2.75) is 32.5 Å². The van der Waals surface area contributed by atoms with E-state index in [1.165, 1.54) is 5.69 Å². The summed E-state index contributed by atoms with van der Waals surface area (Å²) in [6.07, 6.45) is 0.243. The summed E-state index contributed by atoms with van der Waals surface area (Å²) in [5.41, 5.74) is 2.22. The van der Waals surface area contributed by atoms with Gasteiger partial charge in [0.15, 0.2) is 3.92 Å². The fraction of sp³-hybridized carbons (Fsp3) is 0.467. The lowest BCUT2D eigenvalue weighted by atomic mass is 10.0. The lowest BCUT2D eigenvalue weighted by Gasteiger charge is -2.43. The molecule has 2 heterocycles. The summed E-state index contributed by atoms with van der Waals surface area (Å²) < 4.78 is 6.77.